The molecule has 0 saturated carbocycles. The first-order chi connectivity index (χ1) is 8.63. The fourth-order valence-corrected chi connectivity index (χ4v) is 1.40. The summed E-state index contributed by atoms with van der Waals surface area (Å²) in [6, 6.07) is 3.76. The minimum Gasteiger partial charge on any atom is -0.475 e. The first kappa shape index (κ1) is 14.4. The lowest BCUT2D eigenvalue weighted by atomic mass is 10.2. The van der Waals surface area contributed by atoms with Crippen LogP contribution in [0, 0.1) is 0 Å². The topological polar surface area (TPSA) is 60.5 Å². The molecule has 1 aromatic heterocycles. The van der Waals surface area contributed by atoms with E-state index in [1.54, 1.807) is 13.1 Å². The highest BCUT2D eigenvalue weighted by Crippen LogP contribution is 2.15. The molecule has 0 fully saturated rings. The van der Waals surface area contributed by atoms with Gasteiger partial charge in [0.25, 0.3) is 0 Å². The van der Waals surface area contributed by atoms with Gasteiger partial charge in [-0.1, -0.05) is 6.07 Å². The van der Waals surface area contributed by atoms with E-state index in [1.165, 1.54) is 0 Å². The minimum absolute atomic E-state index is 0.0729. The van der Waals surface area contributed by atoms with Crippen LogP contribution in [-0.2, 0) is 16.1 Å². The maximum absolute atomic E-state index is 11.2. The zero-order chi connectivity index (χ0) is 13.4. The van der Waals surface area contributed by atoms with Gasteiger partial charge in [0.15, 0.2) is 0 Å². The third-order valence-corrected chi connectivity index (χ3v) is 2.09. The molecule has 1 heterocycles. The predicted octanol–water partition coefficient (Wildman–Crippen LogP) is 1.52. The normalized spacial score (nSPS) is 10.4. The van der Waals surface area contributed by atoms with E-state index in [4.69, 9.17) is 9.47 Å². The molecular formula is C13H20N2O3. The zero-order valence-electron chi connectivity index (χ0n) is 11.1. The van der Waals surface area contributed by atoms with Crippen molar-refractivity contribution in [1.82, 2.24) is 10.3 Å². The Labute approximate surface area is 108 Å². The van der Waals surface area contributed by atoms with Gasteiger partial charge in [-0.3, -0.25) is 4.79 Å². The van der Waals surface area contributed by atoms with Gasteiger partial charge in [-0.15, -0.1) is 0 Å². The first-order valence-corrected chi connectivity index (χ1v) is 6.10. The van der Waals surface area contributed by atoms with Crippen LogP contribution in [0.4, 0.5) is 0 Å². The summed E-state index contributed by atoms with van der Waals surface area (Å²) in [6.07, 6.45) is 1.76. The maximum Gasteiger partial charge on any atom is 0.319 e. The highest BCUT2D eigenvalue weighted by Gasteiger charge is 2.07. The van der Waals surface area contributed by atoms with E-state index in [0.717, 1.165) is 5.56 Å². The number of pyridine rings is 1. The average Bonchev–Trinajstić information content (AvgIpc) is 2.31. The summed E-state index contributed by atoms with van der Waals surface area (Å²) in [5.41, 5.74) is 0.926. The largest absolute Gasteiger partial charge is 0.475 e. The highest BCUT2D eigenvalue weighted by atomic mass is 16.5. The van der Waals surface area contributed by atoms with Crippen molar-refractivity contribution in [3.63, 3.8) is 0 Å². The summed E-state index contributed by atoms with van der Waals surface area (Å²) in [7, 11) is 0. The molecule has 1 rings (SSSR count). The summed E-state index contributed by atoms with van der Waals surface area (Å²) in [5.74, 6) is 0.344. The van der Waals surface area contributed by atoms with Crippen LogP contribution in [-0.4, -0.2) is 30.2 Å². The number of nitrogens with one attached hydrogen (secondary N) is 1. The zero-order valence-corrected chi connectivity index (χ0v) is 11.1. The molecule has 0 aliphatic rings. The fraction of sp³-hybridized carbons (Fsp3) is 0.538. The van der Waals surface area contributed by atoms with Crippen LogP contribution >= 0.6 is 0 Å². The van der Waals surface area contributed by atoms with Gasteiger partial charge in [0.1, 0.15) is 0 Å². The van der Waals surface area contributed by atoms with Crippen LogP contribution in [0.1, 0.15) is 26.3 Å². The van der Waals surface area contributed by atoms with Crippen molar-refractivity contribution in [3.05, 3.63) is 23.9 Å². The van der Waals surface area contributed by atoms with Crippen LogP contribution in [0.5, 0.6) is 5.88 Å². The Hall–Kier alpha value is -1.62. The molecule has 0 atom stereocenters. The number of carbonyl (C=O) groups excluding carboxylic acids is 1. The second-order valence-electron chi connectivity index (χ2n) is 4.04. The van der Waals surface area contributed by atoms with Gasteiger partial charge >= 0.3 is 5.97 Å². The third-order valence-electron chi connectivity index (χ3n) is 2.09. The van der Waals surface area contributed by atoms with E-state index in [-0.39, 0.29) is 18.6 Å². The van der Waals surface area contributed by atoms with Gasteiger partial charge in [-0.25, -0.2) is 4.98 Å². The van der Waals surface area contributed by atoms with Gasteiger partial charge in [0.2, 0.25) is 5.88 Å². The highest BCUT2D eigenvalue weighted by molar-refractivity contribution is 5.71. The van der Waals surface area contributed by atoms with E-state index in [0.29, 0.717) is 19.0 Å². The Morgan fingerprint density at radius 3 is 2.94 bits per heavy atom. The summed E-state index contributed by atoms with van der Waals surface area (Å²) < 4.78 is 10.4. The molecule has 5 heteroatoms. The van der Waals surface area contributed by atoms with Crippen molar-refractivity contribution in [2.24, 2.45) is 0 Å². The first-order valence-electron chi connectivity index (χ1n) is 6.10. The monoisotopic (exact) mass is 252 g/mol. The predicted molar refractivity (Wildman–Crippen MR) is 68.3 cm³/mol. The lowest BCUT2D eigenvalue weighted by Crippen LogP contribution is -2.24. The maximum atomic E-state index is 11.2. The number of esters is 1. The smallest absolute Gasteiger partial charge is 0.319 e. The van der Waals surface area contributed by atoms with Crippen LogP contribution in [0.15, 0.2) is 18.3 Å². The molecule has 0 saturated heterocycles. The van der Waals surface area contributed by atoms with Crippen LogP contribution in [0.25, 0.3) is 0 Å². The molecule has 0 aromatic carbocycles. The van der Waals surface area contributed by atoms with Crippen molar-refractivity contribution in [2.45, 2.75) is 33.4 Å². The van der Waals surface area contributed by atoms with Gasteiger partial charge in [-0.2, -0.15) is 0 Å². The van der Waals surface area contributed by atoms with Gasteiger partial charge in [0.05, 0.1) is 19.3 Å². The Bertz CT molecular complexity index is 380. The second-order valence-corrected chi connectivity index (χ2v) is 4.04. The summed E-state index contributed by atoms with van der Waals surface area (Å²) >= 11 is 0. The van der Waals surface area contributed by atoms with Gasteiger partial charge in [-0.05, 0) is 26.8 Å². The lowest BCUT2D eigenvalue weighted by Gasteiger charge is -2.13. The summed E-state index contributed by atoms with van der Waals surface area (Å²) in [5, 5.41) is 3.01. The summed E-state index contributed by atoms with van der Waals surface area (Å²) in [6.45, 7) is 6.79. The molecule has 0 radical (unpaired) electrons. The number of ether oxygens (including phenoxy) is 2. The molecule has 0 aliphatic heterocycles. The Kier molecular flexibility index (Phi) is 6.14. The van der Waals surface area contributed by atoms with E-state index < -0.39 is 0 Å². The molecule has 0 bridgehead atoms. The number of hydrogen-bond acceptors (Lipinski definition) is 5. The summed E-state index contributed by atoms with van der Waals surface area (Å²) in [4.78, 5) is 15.3. The van der Waals surface area contributed by atoms with Crippen LogP contribution in [0.2, 0.25) is 0 Å². The van der Waals surface area contributed by atoms with Crippen LogP contribution in [0.3, 0.4) is 0 Å². The second kappa shape index (κ2) is 7.66. The quantitative estimate of drug-likeness (QED) is 0.746. The van der Waals surface area contributed by atoms with E-state index in [1.807, 2.05) is 26.0 Å². The standard InChI is InChI=1S/C13H20N2O3/c1-4-17-12(16)9-14-8-11-6-5-7-15-13(11)18-10(2)3/h5-7,10,14H,4,8-9H2,1-3H3. The Morgan fingerprint density at radius 1 is 1.50 bits per heavy atom. The van der Waals surface area contributed by atoms with Crippen molar-refractivity contribution >= 4 is 5.97 Å². The molecule has 0 amide bonds. The minimum atomic E-state index is -0.257. The number of carbonyl (C=O) groups is 1. The lowest BCUT2D eigenvalue weighted by molar-refractivity contribution is -0.142. The third kappa shape index (κ3) is 5.14. The molecule has 1 N–H and O–H groups in total. The molecule has 0 spiro atoms. The number of aromatic nitrogens is 1. The van der Waals surface area contributed by atoms with Gasteiger partial charge in [0, 0.05) is 18.3 Å². The van der Waals surface area contributed by atoms with Crippen molar-refractivity contribution in [1.29, 1.82) is 0 Å². The number of hydrogen-bond donors (Lipinski definition) is 1. The Balaban J connectivity index is 2.48. The number of rotatable bonds is 7. The molecule has 0 unspecified atom stereocenters. The molecular weight excluding hydrogens is 232 g/mol. The SMILES string of the molecule is CCOC(=O)CNCc1cccnc1OC(C)C. The molecule has 0 aliphatic carbocycles. The van der Waals surface area contributed by atoms with Crippen molar-refractivity contribution in [2.75, 3.05) is 13.2 Å². The van der Waals surface area contributed by atoms with Crippen molar-refractivity contribution in [3.8, 4) is 5.88 Å². The Morgan fingerprint density at radius 2 is 2.28 bits per heavy atom. The van der Waals surface area contributed by atoms with E-state index >= 15 is 0 Å². The molecule has 1 aromatic rings. The van der Waals surface area contributed by atoms with E-state index in [2.05, 4.69) is 10.3 Å². The molecule has 100 valence electrons. The number of nitrogens with zero attached hydrogens (tertiary/aromatic N) is 1. The van der Waals surface area contributed by atoms with E-state index in [9.17, 15) is 4.79 Å². The molecule has 18 heavy (non-hydrogen) atoms. The van der Waals surface area contributed by atoms with Gasteiger partial charge < -0.3 is 14.8 Å². The fourth-order valence-electron chi connectivity index (χ4n) is 1.40. The van der Waals surface area contributed by atoms with Crippen molar-refractivity contribution < 1.29 is 14.3 Å². The molecule has 5 nitrogen and oxygen atoms in total. The van der Waals surface area contributed by atoms with Crippen LogP contribution < -0.4 is 10.1 Å². The average molecular weight is 252 g/mol.